The molecule has 1 aliphatic carbocycles. The van der Waals surface area contributed by atoms with Crippen molar-refractivity contribution in [1.82, 2.24) is 4.90 Å². The molecule has 138 valence electrons. The Hall–Kier alpha value is -2.00. The van der Waals surface area contributed by atoms with Gasteiger partial charge in [0.2, 0.25) is 0 Å². The third-order valence-electron chi connectivity index (χ3n) is 6.17. The summed E-state index contributed by atoms with van der Waals surface area (Å²) in [5.41, 5.74) is 2.77. The zero-order valence-corrected chi connectivity index (χ0v) is 15.8. The highest BCUT2D eigenvalue weighted by Gasteiger charge is 2.30. The average molecular weight is 351 g/mol. The maximum absolute atomic E-state index is 5.55. The Kier molecular flexibility index (Phi) is 5.45. The minimum atomic E-state index is 0.738. The van der Waals surface area contributed by atoms with Gasteiger partial charge in [-0.3, -0.25) is 4.90 Å². The van der Waals surface area contributed by atoms with E-state index in [9.17, 15) is 0 Å². The van der Waals surface area contributed by atoms with E-state index >= 15 is 0 Å². The van der Waals surface area contributed by atoms with E-state index in [0.29, 0.717) is 0 Å². The van der Waals surface area contributed by atoms with Crippen LogP contribution in [0.3, 0.4) is 0 Å². The molecule has 2 aromatic rings. The van der Waals surface area contributed by atoms with Gasteiger partial charge in [-0.25, -0.2) is 0 Å². The van der Waals surface area contributed by atoms with E-state index in [1.165, 1.54) is 36.9 Å². The standard InChI is InChI=1S/C23H30N2O/c1-26-23-13-6-5-12-22(23)25-16-14-24(15-17-25)21-11-7-10-20(18-21)19-8-3-2-4-9-19/h2-6,8-9,12-13,20-21H,7,10-11,14-18H2,1H3/t20-,21+/m0/s1. The molecule has 4 rings (SSSR count). The van der Waals surface area contributed by atoms with Crippen molar-refractivity contribution in [3.63, 3.8) is 0 Å². The lowest BCUT2D eigenvalue weighted by Crippen LogP contribution is -2.51. The number of benzene rings is 2. The summed E-state index contributed by atoms with van der Waals surface area (Å²) in [6.07, 6.45) is 5.38. The zero-order chi connectivity index (χ0) is 17.8. The molecule has 3 nitrogen and oxygen atoms in total. The van der Waals surface area contributed by atoms with Crippen molar-refractivity contribution in [3.05, 3.63) is 60.2 Å². The van der Waals surface area contributed by atoms with E-state index < -0.39 is 0 Å². The molecule has 0 amide bonds. The molecule has 1 aliphatic heterocycles. The normalized spacial score (nSPS) is 24.4. The summed E-state index contributed by atoms with van der Waals surface area (Å²) >= 11 is 0. The van der Waals surface area contributed by atoms with Crippen LogP contribution in [0.15, 0.2) is 54.6 Å². The van der Waals surface area contributed by atoms with Gasteiger partial charge in [-0.15, -0.1) is 0 Å². The van der Waals surface area contributed by atoms with Crippen molar-refractivity contribution in [1.29, 1.82) is 0 Å². The summed E-state index contributed by atoms with van der Waals surface area (Å²) in [6.45, 7) is 4.49. The Morgan fingerprint density at radius 2 is 1.58 bits per heavy atom. The highest BCUT2D eigenvalue weighted by Crippen LogP contribution is 2.36. The molecule has 26 heavy (non-hydrogen) atoms. The fraction of sp³-hybridized carbons (Fsp3) is 0.478. The van der Waals surface area contributed by atoms with Crippen molar-refractivity contribution in [2.75, 3.05) is 38.2 Å². The van der Waals surface area contributed by atoms with Crippen molar-refractivity contribution in [3.8, 4) is 5.75 Å². The Bertz CT molecular complexity index is 694. The Balaban J connectivity index is 1.37. The summed E-state index contributed by atoms with van der Waals surface area (Å²) in [7, 11) is 1.76. The van der Waals surface area contributed by atoms with Gasteiger partial charge in [0.25, 0.3) is 0 Å². The lowest BCUT2D eigenvalue weighted by molar-refractivity contribution is 0.139. The molecule has 2 fully saturated rings. The van der Waals surface area contributed by atoms with Crippen LogP contribution in [-0.4, -0.2) is 44.2 Å². The van der Waals surface area contributed by atoms with E-state index in [1.54, 1.807) is 7.11 Å². The van der Waals surface area contributed by atoms with Gasteiger partial charge in [0.15, 0.2) is 0 Å². The SMILES string of the molecule is COc1ccccc1N1CCN([C@@H]2CCC[C@H](c3ccccc3)C2)CC1. The Labute approximate surface area is 157 Å². The first-order valence-electron chi connectivity index (χ1n) is 10.0. The first kappa shape index (κ1) is 17.4. The maximum Gasteiger partial charge on any atom is 0.142 e. The first-order valence-corrected chi connectivity index (χ1v) is 10.0. The van der Waals surface area contributed by atoms with E-state index in [1.807, 2.05) is 6.07 Å². The maximum atomic E-state index is 5.55. The number of piperazine rings is 1. The number of rotatable bonds is 4. The summed E-state index contributed by atoms with van der Waals surface area (Å²) in [5, 5.41) is 0. The van der Waals surface area contributed by atoms with E-state index in [-0.39, 0.29) is 0 Å². The molecule has 0 unspecified atom stereocenters. The minimum absolute atomic E-state index is 0.738. The summed E-state index contributed by atoms with van der Waals surface area (Å²) in [5.74, 6) is 1.73. The van der Waals surface area contributed by atoms with Gasteiger partial charge >= 0.3 is 0 Å². The summed E-state index contributed by atoms with van der Waals surface area (Å²) in [6, 6.07) is 20.3. The van der Waals surface area contributed by atoms with Crippen LogP contribution in [0.25, 0.3) is 0 Å². The monoisotopic (exact) mass is 350 g/mol. The van der Waals surface area contributed by atoms with Crippen molar-refractivity contribution in [2.45, 2.75) is 37.6 Å². The molecule has 0 radical (unpaired) electrons. The Morgan fingerprint density at radius 3 is 2.35 bits per heavy atom. The fourth-order valence-electron chi connectivity index (χ4n) is 4.74. The molecule has 1 saturated heterocycles. The number of ether oxygens (including phenoxy) is 1. The number of methoxy groups -OCH3 is 1. The number of para-hydroxylation sites is 2. The van der Waals surface area contributed by atoms with Gasteiger partial charge in [-0.05, 0) is 42.9 Å². The molecule has 1 saturated carbocycles. The van der Waals surface area contributed by atoms with Crippen LogP contribution in [0.5, 0.6) is 5.75 Å². The number of anilines is 1. The van der Waals surface area contributed by atoms with Crippen LogP contribution < -0.4 is 9.64 Å². The highest BCUT2D eigenvalue weighted by atomic mass is 16.5. The van der Waals surface area contributed by atoms with Gasteiger partial charge in [-0.1, -0.05) is 48.9 Å². The molecule has 2 atom stereocenters. The van der Waals surface area contributed by atoms with Gasteiger partial charge in [-0.2, -0.15) is 0 Å². The van der Waals surface area contributed by atoms with Crippen molar-refractivity contribution >= 4 is 5.69 Å². The number of hydrogen-bond donors (Lipinski definition) is 0. The molecule has 1 heterocycles. The van der Waals surface area contributed by atoms with Gasteiger partial charge in [0, 0.05) is 32.2 Å². The molecular formula is C23H30N2O. The summed E-state index contributed by atoms with van der Waals surface area (Å²) in [4.78, 5) is 5.22. The van der Waals surface area contributed by atoms with E-state index in [4.69, 9.17) is 4.74 Å². The van der Waals surface area contributed by atoms with E-state index in [2.05, 4.69) is 58.3 Å². The van der Waals surface area contributed by atoms with Crippen molar-refractivity contribution in [2.24, 2.45) is 0 Å². The molecule has 2 aliphatic rings. The first-order chi connectivity index (χ1) is 12.8. The predicted octanol–water partition coefficient (Wildman–Crippen LogP) is 4.54. The molecule has 2 aromatic carbocycles. The quantitative estimate of drug-likeness (QED) is 0.805. The molecule has 0 bridgehead atoms. The Morgan fingerprint density at radius 1 is 0.846 bits per heavy atom. The lowest BCUT2D eigenvalue weighted by atomic mass is 9.80. The molecule has 0 spiro atoms. The van der Waals surface area contributed by atoms with Crippen LogP contribution in [0.1, 0.15) is 37.2 Å². The zero-order valence-electron chi connectivity index (χ0n) is 15.8. The largest absolute Gasteiger partial charge is 0.495 e. The second-order valence-electron chi connectivity index (χ2n) is 7.62. The van der Waals surface area contributed by atoms with Crippen LogP contribution in [-0.2, 0) is 0 Å². The molecule has 3 heteroatoms. The smallest absolute Gasteiger partial charge is 0.142 e. The van der Waals surface area contributed by atoms with Crippen LogP contribution in [0.4, 0.5) is 5.69 Å². The number of hydrogen-bond acceptors (Lipinski definition) is 3. The highest BCUT2D eigenvalue weighted by molar-refractivity contribution is 5.58. The van der Waals surface area contributed by atoms with Crippen LogP contribution >= 0.6 is 0 Å². The topological polar surface area (TPSA) is 15.7 Å². The summed E-state index contributed by atoms with van der Waals surface area (Å²) < 4.78 is 5.55. The third-order valence-corrected chi connectivity index (χ3v) is 6.17. The molecule has 0 aromatic heterocycles. The van der Waals surface area contributed by atoms with Crippen molar-refractivity contribution < 1.29 is 4.74 Å². The second kappa shape index (κ2) is 8.13. The second-order valence-corrected chi connectivity index (χ2v) is 7.62. The van der Waals surface area contributed by atoms with Gasteiger partial charge < -0.3 is 9.64 Å². The van der Waals surface area contributed by atoms with E-state index in [0.717, 1.165) is 43.9 Å². The fourth-order valence-corrected chi connectivity index (χ4v) is 4.74. The third kappa shape index (κ3) is 3.73. The van der Waals surface area contributed by atoms with Gasteiger partial charge in [0.1, 0.15) is 5.75 Å². The predicted molar refractivity (Wildman–Crippen MR) is 108 cm³/mol. The van der Waals surface area contributed by atoms with Gasteiger partial charge in [0.05, 0.1) is 12.8 Å². The molecule has 0 N–H and O–H groups in total. The molecular weight excluding hydrogens is 320 g/mol. The van der Waals surface area contributed by atoms with Crippen LogP contribution in [0, 0.1) is 0 Å². The minimum Gasteiger partial charge on any atom is -0.495 e. The average Bonchev–Trinajstić information content (AvgIpc) is 2.74. The lowest BCUT2D eigenvalue weighted by Gasteiger charge is -2.43. The number of nitrogens with zero attached hydrogens (tertiary/aromatic N) is 2. The van der Waals surface area contributed by atoms with Crippen LogP contribution in [0.2, 0.25) is 0 Å².